The van der Waals surface area contributed by atoms with Crippen molar-refractivity contribution in [1.82, 2.24) is 10.2 Å². The number of piperidine rings is 1. The fraction of sp³-hybridized carbons (Fsp3) is 0.417. The summed E-state index contributed by atoms with van der Waals surface area (Å²) in [6.45, 7) is 1.99. The van der Waals surface area contributed by atoms with Crippen LogP contribution in [0.4, 0.5) is 0 Å². The van der Waals surface area contributed by atoms with Crippen LogP contribution in [0.2, 0.25) is 5.02 Å². The van der Waals surface area contributed by atoms with Gasteiger partial charge < -0.3 is 19.7 Å². The van der Waals surface area contributed by atoms with Gasteiger partial charge in [-0.3, -0.25) is 9.59 Å². The highest BCUT2D eigenvalue weighted by molar-refractivity contribution is 6.31. The highest BCUT2D eigenvalue weighted by Crippen LogP contribution is 2.28. The Morgan fingerprint density at radius 1 is 1.06 bits per heavy atom. The zero-order valence-corrected chi connectivity index (χ0v) is 18.8. The van der Waals surface area contributed by atoms with Crippen molar-refractivity contribution in [3.8, 4) is 11.5 Å². The van der Waals surface area contributed by atoms with E-state index in [1.54, 1.807) is 32.4 Å². The molecule has 1 saturated heterocycles. The van der Waals surface area contributed by atoms with Gasteiger partial charge in [0, 0.05) is 36.6 Å². The summed E-state index contributed by atoms with van der Waals surface area (Å²) in [4.78, 5) is 26.9. The van der Waals surface area contributed by atoms with Gasteiger partial charge in [0.1, 0.15) is 0 Å². The number of nitrogens with zero attached hydrogens (tertiary/aromatic N) is 1. The van der Waals surface area contributed by atoms with E-state index in [1.165, 1.54) is 0 Å². The first kappa shape index (κ1) is 22.9. The topological polar surface area (TPSA) is 67.9 Å². The molecule has 2 amide bonds. The number of carbonyl (C=O) groups is 2. The summed E-state index contributed by atoms with van der Waals surface area (Å²) in [5.74, 6) is 1.54. The quantitative estimate of drug-likeness (QED) is 0.669. The van der Waals surface area contributed by atoms with Crippen LogP contribution in [0.5, 0.6) is 11.5 Å². The van der Waals surface area contributed by atoms with Gasteiger partial charge in [0.2, 0.25) is 5.91 Å². The van der Waals surface area contributed by atoms with Gasteiger partial charge in [0.05, 0.1) is 14.2 Å². The molecule has 1 fully saturated rings. The molecule has 1 aliphatic rings. The Hall–Kier alpha value is -2.73. The molecular weight excluding hydrogens is 416 g/mol. The van der Waals surface area contributed by atoms with Gasteiger partial charge in [-0.25, -0.2) is 0 Å². The van der Waals surface area contributed by atoms with Gasteiger partial charge in [0.15, 0.2) is 11.5 Å². The van der Waals surface area contributed by atoms with Gasteiger partial charge >= 0.3 is 0 Å². The molecule has 1 N–H and O–H groups in total. The lowest BCUT2D eigenvalue weighted by molar-refractivity contribution is -0.121. The maximum atomic E-state index is 12.8. The Balaban J connectivity index is 1.42. The molecule has 7 heteroatoms. The third-order valence-corrected chi connectivity index (χ3v) is 6.07. The maximum Gasteiger partial charge on any atom is 0.253 e. The van der Waals surface area contributed by atoms with Crippen molar-refractivity contribution in [2.45, 2.75) is 25.7 Å². The molecule has 0 aromatic heterocycles. The maximum absolute atomic E-state index is 12.8. The first-order valence-corrected chi connectivity index (χ1v) is 10.9. The molecular formula is C24H29ClN2O4. The second-order valence-electron chi connectivity index (χ2n) is 7.70. The highest BCUT2D eigenvalue weighted by atomic mass is 35.5. The number of ether oxygens (including phenoxy) is 2. The Bertz CT molecular complexity index is 910. The number of aryl methyl sites for hydroxylation is 1. The van der Waals surface area contributed by atoms with Crippen molar-refractivity contribution in [2.24, 2.45) is 5.92 Å². The van der Waals surface area contributed by atoms with E-state index < -0.39 is 0 Å². The number of benzene rings is 2. The number of likely N-dealkylation sites (tertiary alicyclic amines) is 1. The number of rotatable bonds is 8. The molecule has 166 valence electrons. The Kier molecular flexibility index (Phi) is 8.18. The van der Waals surface area contributed by atoms with E-state index in [4.69, 9.17) is 21.1 Å². The molecule has 0 aliphatic carbocycles. The fourth-order valence-corrected chi connectivity index (χ4v) is 4.02. The predicted octanol–water partition coefficient (Wildman–Crippen LogP) is 3.96. The normalized spacial score (nSPS) is 14.2. The van der Waals surface area contributed by atoms with Crippen LogP contribution in [0.3, 0.4) is 0 Å². The standard InChI is InChI=1S/C24H29ClN2O4/c1-30-21-9-7-19(15-22(21)31-2)24(29)27-13-11-17(12-14-27)16-26-23(28)10-8-18-5-3-4-6-20(18)25/h3-7,9,15,17H,8,10-14,16H2,1-2H3,(H,26,28). The smallest absolute Gasteiger partial charge is 0.253 e. The molecule has 1 aliphatic heterocycles. The Morgan fingerprint density at radius 2 is 1.77 bits per heavy atom. The van der Waals surface area contributed by atoms with E-state index in [1.807, 2.05) is 29.2 Å². The van der Waals surface area contributed by atoms with Crippen molar-refractivity contribution in [1.29, 1.82) is 0 Å². The molecule has 0 bridgehead atoms. The molecule has 31 heavy (non-hydrogen) atoms. The highest BCUT2D eigenvalue weighted by Gasteiger charge is 2.24. The van der Waals surface area contributed by atoms with E-state index in [9.17, 15) is 9.59 Å². The monoisotopic (exact) mass is 444 g/mol. The van der Waals surface area contributed by atoms with Gasteiger partial charge in [0.25, 0.3) is 5.91 Å². The lowest BCUT2D eigenvalue weighted by atomic mass is 9.96. The molecule has 0 unspecified atom stereocenters. The van der Waals surface area contributed by atoms with Crippen molar-refractivity contribution >= 4 is 23.4 Å². The number of amides is 2. The van der Waals surface area contributed by atoms with Crippen LogP contribution in [-0.4, -0.2) is 50.6 Å². The third-order valence-electron chi connectivity index (χ3n) is 5.70. The van der Waals surface area contributed by atoms with Gasteiger partial charge in [-0.15, -0.1) is 0 Å². The molecule has 3 rings (SSSR count). The number of carbonyl (C=O) groups excluding carboxylic acids is 2. The van der Waals surface area contributed by atoms with Crippen LogP contribution >= 0.6 is 11.6 Å². The summed E-state index contributed by atoms with van der Waals surface area (Å²) < 4.78 is 10.5. The third kappa shape index (κ3) is 6.14. The van der Waals surface area contributed by atoms with Crippen molar-refractivity contribution in [3.63, 3.8) is 0 Å². The average Bonchev–Trinajstić information content (AvgIpc) is 2.81. The number of hydrogen-bond acceptors (Lipinski definition) is 4. The summed E-state index contributed by atoms with van der Waals surface area (Å²) in [6.07, 6.45) is 2.78. The van der Waals surface area contributed by atoms with Crippen molar-refractivity contribution in [2.75, 3.05) is 33.9 Å². The van der Waals surface area contributed by atoms with Gasteiger partial charge in [-0.05, 0) is 55.0 Å². The lowest BCUT2D eigenvalue weighted by Gasteiger charge is -2.32. The number of nitrogens with one attached hydrogen (secondary N) is 1. The van der Waals surface area contributed by atoms with E-state index in [-0.39, 0.29) is 11.8 Å². The van der Waals surface area contributed by atoms with Crippen molar-refractivity contribution < 1.29 is 19.1 Å². The molecule has 0 atom stereocenters. The molecule has 1 heterocycles. The second-order valence-corrected chi connectivity index (χ2v) is 8.11. The lowest BCUT2D eigenvalue weighted by Crippen LogP contribution is -2.41. The largest absolute Gasteiger partial charge is 0.493 e. The molecule has 0 spiro atoms. The van der Waals surface area contributed by atoms with Gasteiger partial charge in [-0.2, -0.15) is 0 Å². The predicted molar refractivity (Wildman–Crippen MR) is 121 cm³/mol. The molecule has 0 radical (unpaired) electrons. The van der Waals surface area contributed by atoms with E-state index in [0.717, 1.165) is 18.4 Å². The minimum absolute atomic E-state index is 0.0109. The van der Waals surface area contributed by atoms with Crippen LogP contribution in [-0.2, 0) is 11.2 Å². The number of methoxy groups -OCH3 is 2. The van der Waals surface area contributed by atoms with Crippen LogP contribution in [0.15, 0.2) is 42.5 Å². The minimum atomic E-state index is -0.0109. The molecule has 2 aromatic rings. The fourth-order valence-electron chi connectivity index (χ4n) is 3.79. The Morgan fingerprint density at radius 3 is 2.45 bits per heavy atom. The van der Waals surface area contributed by atoms with Crippen LogP contribution < -0.4 is 14.8 Å². The van der Waals surface area contributed by atoms with Crippen molar-refractivity contribution in [3.05, 3.63) is 58.6 Å². The zero-order chi connectivity index (χ0) is 22.2. The van der Waals surface area contributed by atoms with E-state index in [0.29, 0.717) is 60.5 Å². The molecule has 2 aromatic carbocycles. The average molecular weight is 445 g/mol. The summed E-state index contributed by atoms with van der Waals surface area (Å²) >= 11 is 6.14. The van der Waals surface area contributed by atoms with Crippen LogP contribution in [0.1, 0.15) is 35.2 Å². The van der Waals surface area contributed by atoms with Crippen LogP contribution in [0.25, 0.3) is 0 Å². The molecule has 6 nitrogen and oxygen atoms in total. The second kappa shape index (κ2) is 11.0. The summed E-state index contributed by atoms with van der Waals surface area (Å²) in [5, 5.41) is 3.73. The SMILES string of the molecule is COc1ccc(C(=O)N2CCC(CNC(=O)CCc3ccccc3Cl)CC2)cc1OC. The van der Waals surface area contributed by atoms with E-state index in [2.05, 4.69) is 5.32 Å². The summed E-state index contributed by atoms with van der Waals surface area (Å²) in [7, 11) is 3.13. The minimum Gasteiger partial charge on any atom is -0.493 e. The molecule has 0 saturated carbocycles. The summed E-state index contributed by atoms with van der Waals surface area (Å²) in [5.41, 5.74) is 1.57. The first-order valence-electron chi connectivity index (χ1n) is 10.5. The van der Waals surface area contributed by atoms with Crippen LogP contribution in [0, 0.1) is 5.92 Å². The Labute approximate surface area is 188 Å². The number of halogens is 1. The number of hydrogen-bond donors (Lipinski definition) is 1. The van der Waals surface area contributed by atoms with E-state index >= 15 is 0 Å². The van der Waals surface area contributed by atoms with Gasteiger partial charge in [-0.1, -0.05) is 29.8 Å². The first-order chi connectivity index (χ1) is 15.0. The summed E-state index contributed by atoms with van der Waals surface area (Å²) in [6, 6.07) is 12.8. The zero-order valence-electron chi connectivity index (χ0n) is 18.0.